The van der Waals surface area contributed by atoms with Crippen LogP contribution in [0.15, 0.2) is 59.5 Å². The molecule has 0 bridgehead atoms. The molecule has 2 N–H and O–H groups in total. The number of hydrogen-bond acceptors (Lipinski definition) is 4. The highest BCUT2D eigenvalue weighted by Crippen LogP contribution is 2.32. The van der Waals surface area contributed by atoms with E-state index in [2.05, 4.69) is 10.6 Å². The fraction of sp³-hybridized carbons (Fsp3) is 0.250. The lowest BCUT2D eigenvalue weighted by Gasteiger charge is -2.22. The summed E-state index contributed by atoms with van der Waals surface area (Å²) in [5.41, 5.74) is -0.561. The fourth-order valence-corrected chi connectivity index (χ4v) is 3.76. The zero-order chi connectivity index (χ0) is 21.9. The summed E-state index contributed by atoms with van der Waals surface area (Å²) in [7, 11) is 0. The SMILES string of the molecule is CC1(c2ccccc2)NC(=O)N(CC(=O)Nc2ccccc2SCC(F)(F)F)C1=O. The number of nitrogens with one attached hydrogen (secondary N) is 2. The Labute approximate surface area is 174 Å². The second-order valence-electron chi connectivity index (χ2n) is 6.76. The predicted molar refractivity (Wildman–Crippen MR) is 106 cm³/mol. The quantitative estimate of drug-likeness (QED) is 0.533. The van der Waals surface area contributed by atoms with E-state index in [4.69, 9.17) is 0 Å². The first-order chi connectivity index (χ1) is 14.1. The summed E-state index contributed by atoms with van der Waals surface area (Å²) >= 11 is 0.537. The summed E-state index contributed by atoms with van der Waals surface area (Å²) in [6, 6.07) is 13.9. The smallest absolute Gasteiger partial charge is 0.324 e. The second-order valence-corrected chi connectivity index (χ2v) is 7.78. The van der Waals surface area contributed by atoms with Crippen LogP contribution in [-0.4, -0.2) is 41.2 Å². The average Bonchev–Trinajstić information content (AvgIpc) is 2.91. The van der Waals surface area contributed by atoms with E-state index in [0.717, 1.165) is 4.90 Å². The van der Waals surface area contributed by atoms with Crippen LogP contribution in [0.1, 0.15) is 12.5 Å². The molecule has 1 atom stereocenters. The molecule has 10 heteroatoms. The van der Waals surface area contributed by atoms with Crippen molar-refractivity contribution in [2.45, 2.75) is 23.5 Å². The van der Waals surface area contributed by atoms with Gasteiger partial charge in [-0.2, -0.15) is 13.2 Å². The number of thioether (sulfide) groups is 1. The van der Waals surface area contributed by atoms with Crippen molar-refractivity contribution in [3.63, 3.8) is 0 Å². The largest absolute Gasteiger partial charge is 0.398 e. The molecular formula is C20H18F3N3O3S. The van der Waals surface area contributed by atoms with Gasteiger partial charge in [0.05, 0.1) is 11.4 Å². The van der Waals surface area contributed by atoms with Crippen molar-refractivity contribution >= 4 is 35.3 Å². The molecule has 0 spiro atoms. The van der Waals surface area contributed by atoms with Crippen LogP contribution in [0.3, 0.4) is 0 Å². The topological polar surface area (TPSA) is 78.5 Å². The van der Waals surface area contributed by atoms with E-state index in [-0.39, 0.29) is 10.6 Å². The molecule has 2 aromatic rings. The summed E-state index contributed by atoms with van der Waals surface area (Å²) in [5, 5.41) is 5.07. The zero-order valence-electron chi connectivity index (χ0n) is 15.8. The van der Waals surface area contributed by atoms with Gasteiger partial charge in [0.25, 0.3) is 5.91 Å². The molecular weight excluding hydrogens is 419 g/mol. The molecule has 6 nitrogen and oxygen atoms in total. The van der Waals surface area contributed by atoms with Crippen LogP contribution >= 0.6 is 11.8 Å². The molecule has 0 aliphatic carbocycles. The van der Waals surface area contributed by atoms with Crippen molar-refractivity contribution in [2.24, 2.45) is 0 Å². The lowest BCUT2D eigenvalue weighted by Crippen LogP contribution is -2.42. The van der Waals surface area contributed by atoms with Gasteiger partial charge in [0.15, 0.2) is 0 Å². The zero-order valence-corrected chi connectivity index (χ0v) is 16.6. The third-order valence-corrected chi connectivity index (χ3v) is 5.62. The van der Waals surface area contributed by atoms with Gasteiger partial charge in [0.1, 0.15) is 12.1 Å². The number of benzene rings is 2. The predicted octanol–water partition coefficient (Wildman–Crippen LogP) is 3.75. The number of amides is 4. The third kappa shape index (κ3) is 4.76. The number of urea groups is 1. The molecule has 1 heterocycles. The van der Waals surface area contributed by atoms with Gasteiger partial charge < -0.3 is 10.6 Å². The summed E-state index contributed by atoms with van der Waals surface area (Å²) in [6.07, 6.45) is -4.36. The minimum atomic E-state index is -4.36. The molecule has 0 saturated carbocycles. The average molecular weight is 437 g/mol. The Morgan fingerprint density at radius 3 is 2.40 bits per heavy atom. The summed E-state index contributed by atoms with van der Waals surface area (Å²) in [4.78, 5) is 38.6. The van der Waals surface area contributed by atoms with E-state index >= 15 is 0 Å². The molecule has 1 unspecified atom stereocenters. The highest BCUT2D eigenvalue weighted by Gasteiger charge is 2.49. The van der Waals surface area contributed by atoms with E-state index in [1.165, 1.54) is 12.1 Å². The third-order valence-electron chi connectivity index (χ3n) is 4.48. The maximum absolute atomic E-state index is 12.8. The van der Waals surface area contributed by atoms with Gasteiger partial charge in [-0.05, 0) is 24.6 Å². The van der Waals surface area contributed by atoms with Crippen molar-refractivity contribution in [1.82, 2.24) is 10.2 Å². The van der Waals surface area contributed by atoms with Crippen LogP contribution in [0.25, 0.3) is 0 Å². The molecule has 1 saturated heterocycles. The minimum absolute atomic E-state index is 0.176. The number of para-hydroxylation sites is 1. The van der Waals surface area contributed by atoms with Gasteiger partial charge in [0.2, 0.25) is 5.91 Å². The van der Waals surface area contributed by atoms with Crippen LogP contribution in [0.5, 0.6) is 0 Å². The van der Waals surface area contributed by atoms with Crippen LogP contribution < -0.4 is 10.6 Å². The van der Waals surface area contributed by atoms with Crippen LogP contribution in [0.2, 0.25) is 0 Å². The minimum Gasteiger partial charge on any atom is -0.324 e. The molecule has 1 fully saturated rings. The number of hydrogen-bond donors (Lipinski definition) is 2. The molecule has 1 aliphatic rings. The first-order valence-corrected chi connectivity index (χ1v) is 9.87. The maximum atomic E-state index is 12.8. The molecule has 158 valence electrons. The van der Waals surface area contributed by atoms with Crippen molar-refractivity contribution in [1.29, 1.82) is 0 Å². The Morgan fingerprint density at radius 1 is 1.10 bits per heavy atom. The van der Waals surface area contributed by atoms with E-state index in [1.807, 2.05) is 0 Å². The number of carbonyl (C=O) groups is 3. The number of imide groups is 1. The van der Waals surface area contributed by atoms with Gasteiger partial charge >= 0.3 is 12.2 Å². The Bertz CT molecular complexity index is 969. The number of alkyl halides is 3. The number of nitrogens with zero attached hydrogens (tertiary/aromatic N) is 1. The molecule has 3 rings (SSSR count). The van der Waals surface area contributed by atoms with Gasteiger partial charge in [-0.1, -0.05) is 42.5 Å². The van der Waals surface area contributed by atoms with Crippen LogP contribution in [-0.2, 0) is 15.1 Å². The standard InChI is InChI=1S/C20H18F3N3O3S/c1-19(13-7-3-2-4-8-13)17(28)26(18(29)25-19)11-16(27)24-14-9-5-6-10-15(14)30-12-20(21,22)23/h2-10H,11-12H2,1H3,(H,24,27)(H,25,29). The van der Waals surface area contributed by atoms with Gasteiger partial charge in [-0.15, -0.1) is 11.8 Å². The first kappa shape index (κ1) is 21.7. The molecule has 30 heavy (non-hydrogen) atoms. The Balaban J connectivity index is 1.70. The fourth-order valence-electron chi connectivity index (χ4n) is 3.00. The normalized spacial score (nSPS) is 19.0. The van der Waals surface area contributed by atoms with Crippen molar-refractivity contribution in [3.05, 3.63) is 60.2 Å². The van der Waals surface area contributed by atoms with Crippen molar-refractivity contribution in [3.8, 4) is 0 Å². The van der Waals surface area contributed by atoms with Crippen LogP contribution in [0.4, 0.5) is 23.7 Å². The Morgan fingerprint density at radius 2 is 1.73 bits per heavy atom. The van der Waals surface area contributed by atoms with Gasteiger partial charge in [-0.25, -0.2) is 4.79 Å². The van der Waals surface area contributed by atoms with Gasteiger partial charge in [0, 0.05) is 4.90 Å². The highest BCUT2D eigenvalue weighted by molar-refractivity contribution is 7.99. The van der Waals surface area contributed by atoms with E-state index in [0.29, 0.717) is 17.3 Å². The highest BCUT2D eigenvalue weighted by atomic mass is 32.2. The summed E-state index contributed by atoms with van der Waals surface area (Å²) in [5.74, 6) is -2.40. The van der Waals surface area contributed by atoms with E-state index in [1.54, 1.807) is 49.4 Å². The molecule has 0 aromatic heterocycles. The summed E-state index contributed by atoms with van der Waals surface area (Å²) in [6.45, 7) is 0.981. The lowest BCUT2D eigenvalue weighted by molar-refractivity contribution is -0.133. The first-order valence-electron chi connectivity index (χ1n) is 8.88. The molecule has 0 radical (unpaired) electrons. The Hall–Kier alpha value is -3.01. The Kier molecular flexibility index (Phi) is 6.06. The second kappa shape index (κ2) is 8.39. The van der Waals surface area contributed by atoms with E-state index < -0.39 is 41.9 Å². The molecule has 1 aliphatic heterocycles. The number of halogens is 3. The van der Waals surface area contributed by atoms with Crippen LogP contribution in [0, 0.1) is 0 Å². The number of anilines is 1. The number of rotatable bonds is 6. The summed E-state index contributed by atoms with van der Waals surface area (Å²) < 4.78 is 37.5. The maximum Gasteiger partial charge on any atom is 0.398 e. The molecule has 2 aromatic carbocycles. The van der Waals surface area contributed by atoms with Crippen molar-refractivity contribution < 1.29 is 27.6 Å². The van der Waals surface area contributed by atoms with E-state index in [9.17, 15) is 27.6 Å². The van der Waals surface area contributed by atoms with Gasteiger partial charge in [-0.3, -0.25) is 14.5 Å². The monoisotopic (exact) mass is 437 g/mol. The number of carbonyl (C=O) groups excluding carboxylic acids is 3. The molecule has 4 amide bonds. The van der Waals surface area contributed by atoms with Crippen molar-refractivity contribution in [2.75, 3.05) is 17.6 Å². The lowest BCUT2D eigenvalue weighted by atomic mass is 9.92.